The summed E-state index contributed by atoms with van der Waals surface area (Å²) in [6.45, 7) is 0.803. The average Bonchev–Trinajstić information content (AvgIpc) is 2.96. The molecule has 0 unspecified atom stereocenters. The smallest absolute Gasteiger partial charge is 0.282 e. The van der Waals surface area contributed by atoms with E-state index >= 15 is 0 Å². The molecule has 1 amide bonds. The number of nitrogens with one attached hydrogen (secondary N) is 1. The second-order valence-electron chi connectivity index (χ2n) is 5.08. The maximum atomic E-state index is 12.4. The third-order valence-corrected chi connectivity index (χ3v) is 4.46. The van der Waals surface area contributed by atoms with Gasteiger partial charge in [0.15, 0.2) is 0 Å². The van der Waals surface area contributed by atoms with Gasteiger partial charge < -0.3 is 10.2 Å². The molecule has 0 radical (unpaired) electrons. The van der Waals surface area contributed by atoms with Gasteiger partial charge in [0.05, 0.1) is 18.4 Å². The second-order valence-corrected chi connectivity index (χ2v) is 5.87. The van der Waals surface area contributed by atoms with Crippen molar-refractivity contribution >= 4 is 33.2 Å². The standard InChI is InChI=1S/C15H15BrN4O2/c1-19-15(22)14(16)11(8-18-19)17-9-13(21)20-7-6-10-4-2-3-5-12(10)20/h2-5,8,17H,6-7,9H2,1H3. The third-order valence-electron chi connectivity index (χ3n) is 3.70. The number of aromatic nitrogens is 2. The molecule has 0 aliphatic carbocycles. The number of hydrogen-bond acceptors (Lipinski definition) is 4. The molecule has 1 aliphatic heterocycles. The van der Waals surface area contributed by atoms with Crippen LogP contribution in [0.15, 0.2) is 39.7 Å². The van der Waals surface area contributed by atoms with E-state index < -0.39 is 0 Å². The molecule has 0 saturated heterocycles. The van der Waals surface area contributed by atoms with Gasteiger partial charge in [0.1, 0.15) is 4.47 Å². The molecule has 114 valence electrons. The van der Waals surface area contributed by atoms with E-state index in [0.717, 1.165) is 12.1 Å². The van der Waals surface area contributed by atoms with Crippen molar-refractivity contribution in [3.63, 3.8) is 0 Å². The van der Waals surface area contributed by atoms with Crippen molar-refractivity contribution in [3.05, 3.63) is 50.9 Å². The molecule has 3 rings (SSSR count). The fourth-order valence-corrected chi connectivity index (χ4v) is 3.00. The number of benzene rings is 1. The van der Waals surface area contributed by atoms with E-state index in [-0.39, 0.29) is 18.0 Å². The van der Waals surface area contributed by atoms with Crippen molar-refractivity contribution in [2.45, 2.75) is 6.42 Å². The Kier molecular flexibility index (Phi) is 3.98. The summed E-state index contributed by atoms with van der Waals surface area (Å²) >= 11 is 3.23. The first-order valence-corrected chi connectivity index (χ1v) is 7.71. The van der Waals surface area contributed by atoms with Crippen molar-refractivity contribution in [1.82, 2.24) is 9.78 Å². The van der Waals surface area contributed by atoms with Crippen LogP contribution in [0, 0.1) is 0 Å². The number of fused-ring (bicyclic) bond motifs is 1. The van der Waals surface area contributed by atoms with Crippen LogP contribution >= 0.6 is 15.9 Å². The Bertz CT molecular complexity index is 787. The van der Waals surface area contributed by atoms with Crippen molar-refractivity contribution in [1.29, 1.82) is 0 Å². The Morgan fingerprint density at radius 2 is 2.18 bits per heavy atom. The molecule has 0 bridgehead atoms. The molecular formula is C15H15BrN4O2. The van der Waals surface area contributed by atoms with Crippen LogP contribution in [-0.2, 0) is 18.3 Å². The number of carbonyl (C=O) groups excluding carboxylic acids is 1. The highest BCUT2D eigenvalue weighted by atomic mass is 79.9. The van der Waals surface area contributed by atoms with Gasteiger partial charge in [0.2, 0.25) is 5.91 Å². The molecule has 6 nitrogen and oxygen atoms in total. The van der Waals surface area contributed by atoms with Gasteiger partial charge >= 0.3 is 0 Å². The maximum Gasteiger partial charge on any atom is 0.282 e. The highest BCUT2D eigenvalue weighted by Gasteiger charge is 2.23. The van der Waals surface area contributed by atoms with Crippen molar-refractivity contribution in [2.24, 2.45) is 7.05 Å². The highest BCUT2D eigenvalue weighted by Crippen LogP contribution is 2.27. The predicted molar refractivity (Wildman–Crippen MR) is 88.2 cm³/mol. The number of hydrogen-bond donors (Lipinski definition) is 1. The lowest BCUT2D eigenvalue weighted by molar-refractivity contribution is -0.116. The second kappa shape index (κ2) is 5.92. The van der Waals surface area contributed by atoms with E-state index in [1.54, 1.807) is 11.9 Å². The fourth-order valence-electron chi connectivity index (χ4n) is 2.50. The predicted octanol–water partition coefficient (Wildman–Crippen LogP) is 1.54. The molecule has 7 heteroatoms. The van der Waals surface area contributed by atoms with Gasteiger partial charge in [0, 0.05) is 19.3 Å². The average molecular weight is 363 g/mol. The van der Waals surface area contributed by atoms with E-state index in [4.69, 9.17) is 0 Å². The SMILES string of the molecule is Cn1ncc(NCC(=O)N2CCc3ccccc32)c(Br)c1=O. The maximum absolute atomic E-state index is 12.4. The highest BCUT2D eigenvalue weighted by molar-refractivity contribution is 9.10. The lowest BCUT2D eigenvalue weighted by Gasteiger charge is -2.18. The number of halogens is 1. The van der Waals surface area contributed by atoms with Crippen LogP contribution in [0.2, 0.25) is 0 Å². The summed E-state index contributed by atoms with van der Waals surface area (Å²) in [5.41, 5.74) is 2.43. The minimum absolute atomic E-state index is 0.0301. The van der Waals surface area contributed by atoms with E-state index in [1.807, 2.05) is 24.3 Å². The first-order chi connectivity index (χ1) is 10.6. The van der Waals surface area contributed by atoms with Crippen molar-refractivity contribution in [2.75, 3.05) is 23.3 Å². The summed E-state index contributed by atoms with van der Waals surface area (Å²) in [4.78, 5) is 25.9. The number of nitrogens with zero attached hydrogens (tertiary/aromatic N) is 3. The van der Waals surface area contributed by atoms with Crippen LogP contribution in [-0.4, -0.2) is 28.8 Å². The molecule has 0 saturated carbocycles. The molecule has 1 aromatic carbocycles. The molecule has 1 N–H and O–H groups in total. The lowest BCUT2D eigenvalue weighted by atomic mass is 10.2. The molecule has 1 aromatic heterocycles. The quantitative estimate of drug-likeness (QED) is 0.899. The summed E-state index contributed by atoms with van der Waals surface area (Å²) in [6.07, 6.45) is 2.40. The van der Waals surface area contributed by atoms with Crippen LogP contribution in [0.3, 0.4) is 0 Å². The number of carbonyl (C=O) groups is 1. The van der Waals surface area contributed by atoms with E-state index in [9.17, 15) is 9.59 Å². The molecule has 0 atom stereocenters. The Morgan fingerprint density at radius 1 is 1.41 bits per heavy atom. The first kappa shape index (κ1) is 14.8. The topological polar surface area (TPSA) is 67.2 Å². The summed E-state index contributed by atoms with van der Waals surface area (Å²) in [6, 6.07) is 7.90. The van der Waals surface area contributed by atoms with Gasteiger partial charge in [-0.15, -0.1) is 0 Å². The Hall–Kier alpha value is -2.15. The summed E-state index contributed by atoms with van der Waals surface area (Å²) < 4.78 is 1.60. The zero-order chi connectivity index (χ0) is 15.7. The number of anilines is 2. The molecular weight excluding hydrogens is 348 g/mol. The van der Waals surface area contributed by atoms with Crippen LogP contribution in [0.4, 0.5) is 11.4 Å². The van der Waals surface area contributed by atoms with Gasteiger partial charge in [-0.3, -0.25) is 9.59 Å². The van der Waals surface area contributed by atoms with E-state index in [1.165, 1.54) is 16.4 Å². The number of rotatable bonds is 3. The zero-order valence-electron chi connectivity index (χ0n) is 12.0. The van der Waals surface area contributed by atoms with Crippen molar-refractivity contribution in [3.8, 4) is 0 Å². The minimum atomic E-state index is -0.246. The Labute approximate surface area is 135 Å². The van der Waals surface area contributed by atoms with E-state index in [0.29, 0.717) is 16.7 Å². The molecule has 1 aliphatic rings. The molecule has 22 heavy (non-hydrogen) atoms. The lowest BCUT2D eigenvalue weighted by Crippen LogP contribution is -2.34. The zero-order valence-corrected chi connectivity index (χ0v) is 13.6. The summed E-state index contributed by atoms with van der Waals surface area (Å²) in [5, 5.41) is 6.91. The first-order valence-electron chi connectivity index (χ1n) is 6.92. The van der Waals surface area contributed by atoms with Crippen LogP contribution in [0.5, 0.6) is 0 Å². The van der Waals surface area contributed by atoms with Crippen LogP contribution in [0.1, 0.15) is 5.56 Å². The number of amides is 1. The molecule has 0 spiro atoms. The van der Waals surface area contributed by atoms with Gasteiger partial charge in [-0.05, 0) is 34.0 Å². The van der Waals surface area contributed by atoms with Crippen LogP contribution < -0.4 is 15.8 Å². The number of para-hydroxylation sites is 1. The van der Waals surface area contributed by atoms with Gasteiger partial charge in [-0.25, -0.2) is 4.68 Å². The van der Waals surface area contributed by atoms with Gasteiger partial charge in [-0.2, -0.15) is 5.10 Å². The van der Waals surface area contributed by atoms with Crippen LogP contribution in [0.25, 0.3) is 0 Å². The van der Waals surface area contributed by atoms with Gasteiger partial charge in [0.25, 0.3) is 5.56 Å². The van der Waals surface area contributed by atoms with E-state index in [2.05, 4.69) is 26.3 Å². The Morgan fingerprint density at radius 3 is 3.00 bits per heavy atom. The summed E-state index contributed by atoms with van der Waals surface area (Å²) in [5.74, 6) is -0.0301. The van der Waals surface area contributed by atoms with Crippen molar-refractivity contribution < 1.29 is 4.79 Å². The summed E-state index contributed by atoms with van der Waals surface area (Å²) in [7, 11) is 1.57. The van der Waals surface area contributed by atoms with Gasteiger partial charge in [-0.1, -0.05) is 18.2 Å². The third kappa shape index (κ3) is 2.64. The normalized spacial score (nSPS) is 13.1. The fraction of sp³-hybridized carbons (Fsp3) is 0.267. The molecule has 0 fully saturated rings. The monoisotopic (exact) mass is 362 g/mol. The molecule has 2 aromatic rings. The Balaban J connectivity index is 1.72. The minimum Gasteiger partial charge on any atom is -0.374 e. The molecule has 2 heterocycles. The largest absolute Gasteiger partial charge is 0.374 e. The number of aryl methyl sites for hydroxylation is 1.